The van der Waals surface area contributed by atoms with Crippen molar-refractivity contribution in [2.75, 3.05) is 0 Å². The topological polar surface area (TPSA) is 64.8 Å². The molecule has 0 fully saturated rings. The predicted molar refractivity (Wildman–Crippen MR) is 113 cm³/mol. The lowest BCUT2D eigenvalue weighted by Crippen LogP contribution is -2.09. The molecule has 0 amide bonds. The van der Waals surface area contributed by atoms with Gasteiger partial charge in [-0.2, -0.15) is 5.10 Å². The van der Waals surface area contributed by atoms with Gasteiger partial charge in [-0.1, -0.05) is 6.07 Å². The third-order valence-corrected chi connectivity index (χ3v) is 6.89. The fraction of sp³-hybridized carbons (Fsp3) is 0.130. The first-order valence-electron chi connectivity index (χ1n) is 9.71. The zero-order chi connectivity index (χ0) is 23.0. The second-order valence-corrected chi connectivity index (χ2v) is 9.02. The zero-order valence-electron chi connectivity index (χ0n) is 17.2. The van der Waals surface area contributed by atoms with Crippen LogP contribution in [0.2, 0.25) is 0 Å². The smallest absolute Gasteiger partial charge is 0.210 e. The zero-order valence-corrected chi connectivity index (χ0v) is 18.0. The molecule has 9 heteroatoms. The van der Waals surface area contributed by atoms with Crippen LogP contribution in [0, 0.1) is 24.4 Å². The molecule has 0 aliphatic carbocycles. The van der Waals surface area contributed by atoms with E-state index < -0.39 is 37.1 Å². The fourth-order valence-electron chi connectivity index (χ4n) is 3.42. The molecule has 0 aliphatic heterocycles. The van der Waals surface area contributed by atoms with E-state index in [9.17, 15) is 17.2 Å². The summed E-state index contributed by atoms with van der Waals surface area (Å²) in [6, 6.07) is 7.97. The van der Waals surface area contributed by atoms with E-state index >= 15 is 4.39 Å². The summed E-state index contributed by atoms with van der Waals surface area (Å²) in [5.41, 5.74) is 1.10. The molecule has 5 nitrogen and oxygen atoms in total. The standard InChI is InChI=1S/C23H18F3N3O2S/c1-3-29-13-17(15-8-10-27-11-9-15)23(28-29)21-19(7-4-14(2)22(21)26)32(30,31)20-12-16(24)5-6-18(20)25/h4-13H,3H2,1-2H3. The molecule has 2 heterocycles. The van der Waals surface area contributed by atoms with Crippen molar-refractivity contribution in [3.05, 3.63) is 84.1 Å². The van der Waals surface area contributed by atoms with Gasteiger partial charge in [0.25, 0.3) is 0 Å². The molecule has 0 spiro atoms. The molecule has 0 saturated heterocycles. The van der Waals surface area contributed by atoms with Crippen LogP contribution in [-0.2, 0) is 16.4 Å². The summed E-state index contributed by atoms with van der Waals surface area (Å²) in [4.78, 5) is 2.60. The van der Waals surface area contributed by atoms with E-state index in [1.54, 1.807) is 35.4 Å². The summed E-state index contributed by atoms with van der Waals surface area (Å²) in [5.74, 6) is -2.86. The van der Waals surface area contributed by atoms with Gasteiger partial charge in [-0.3, -0.25) is 9.67 Å². The second-order valence-electron chi connectivity index (χ2n) is 7.13. The molecule has 0 aliphatic rings. The van der Waals surface area contributed by atoms with Crippen LogP contribution in [0.25, 0.3) is 22.4 Å². The summed E-state index contributed by atoms with van der Waals surface area (Å²) in [5, 5.41) is 4.41. The minimum absolute atomic E-state index is 0.0784. The highest BCUT2D eigenvalue weighted by Crippen LogP contribution is 2.39. The van der Waals surface area contributed by atoms with Gasteiger partial charge in [-0.15, -0.1) is 0 Å². The number of halogens is 3. The van der Waals surface area contributed by atoms with Gasteiger partial charge in [0.15, 0.2) is 0 Å². The lowest BCUT2D eigenvalue weighted by molar-refractivity contribution is 0.552. The molecule has 0 unspecified atom stereocenters. The monoisotopic (exact) mass is 457 g/mol. The fourth-order valence-corrected chi connectivity index (χ4v) is 4.95. The molecule has 4 rings (SSSR count). The van der Waals surface area contributed by atoms with Crippen molar-refractivity contribution < 1.29 is 21.6 Å². The number of aromatic nitrogens is 3. The maximum Gasteiger partial charge on any atom is 0.210 e. The van der Waals surface area contributed by atoms with E-state index in [4.69, 9.17) is 0 Å². The number of hydrogen-bond donors (Lipinski definition) is 0. The van der Waals surface area contributed by atoms with Gasteiger partial charge in [-0.05, 0) is 61.4 Å². The lowest BCUT2D eigenvalue weighted by Gasteiger charge is -2.14. The highest BCUT2D eigenvalue weighted by molar-refractivity contribution is 7.91. The highest BCUT2D eigenvalue weighted by Gasteiger charge is 2.31. The first-order chi connectivity index (χ1) is 15.2. The van der Waals surface area contributed by atoms with Gasteiger partial charge >= 0.3 is 0 Å². The first kappa shape index (κ1) is 21.8. The summed E-state index contributed by atoms with van der Waals surface area (Å²) < 4.78 is 71.9. The molecule has 0 radical (unpaired) electrons. The Hall–Kier alpha value is -3.46. The minimum atomic E-state index is -4.62. The lowest BCUT2D eigenvalue weighted by atomic mass is 10.0. The van der Waals surface area contributed by atoms with Crippen LogP contribution in [0.15, 0.2) is 70.8 Å². The number of rotatable bonds is 5. The Bertz CT molecular complexity index is 1420. The Morgan fingerprint density at radius 2 is 1.69 bits per heavy atom. The molecule has 164 valence electrons. The largest absolute Gasteiger partial charge is 0.272 e. The quantitative estimate of drug-likeness (QED) is 0.414. The van der Waals surface area contributed by atoms with Crippen LogP contribution in [0.1, 0.15) is 12.5 Å². The van der Waals surface area contributed by atoms with Gasteiger partial charge < -0.3 is 0 Å². The summed E-state index contributed by atoms with van der Waals surface area (Å²) >= 11 is 0. The van der Waals surface area contributed by atoms with Crippen LogP contribution >= 0.6 is 0 Å². The van der Waals surface area contributed by atoms with E-state index in [0.717, 1.165) is 12.1 Å². The van der Waals surface area contributed by atoms with Crippen molar-refractivity contribution in [1.82, 2.24) is 14.8 Å². The average molecular weight is 457 g/mol. The number of benzene rings is 2. The number of hydrogen-bond acceptors (Lipinski definition) is 4. The van der Waals surface area contributed by atoms with Crippen molar-refractivity contribution in [3.63, 3.8) is 0 Å². The van der Waals surface area contributed by atoms with Crippen molar-refractivity contribution in [2.24, 2.45) is 0 Å². The van der Waals surface area contributed by atoms with Crippen LogP contribution < -0.4 is 0 Å². The SMILES string of the molecule is CCn1cc(-c2ccncc2)c(-c2c(S(=O)(=O)c3cc(F)ccc3F)ccc(C)c2F)n1. The Labute approximate surface area is 183 Å². The van der Waals surface area contributed by atoms with Crippen LogP contribution in [0.5, 0.6) is 0 Å². The highest BCUT2D eigenvalue weighted by atomic mass is 32.2. The van der Waals surface area contributed by atoms with Gasteiger partial charge in [0.1, 0.15) is 28.0 Å². The molecule has 0 atom stereocenters. The maximum atomic E-state index is 15.5. The molecular weight excluding hydrogens is 439 g/mol. The van der Waals surface area contributed by atoms with Crippen molar-refractivity contribution in [1.29, 1.82) is 0 Å². The van der Waals surface area contributed by atoms with Crippen molar-refractivity contribution >= 4 is 9.84 Å². The Morgan fingerprint density at radius 1 is 0.969 bits per heavy atom. The van der Waals surface area contributed by atoms with Crippen molar-refractivity contribution in [2.45, 2.75) is 30.2 Å². The molecular formula is C23H18F3N3O2S. The number of pyridine rings is 1. The average Bonchev–Trinajstić information content (AvgIpc) is 3.21. The van der Waals surface area contributed by atoms with E-state index in [1.807, 2.05) is 6.92 Å². The molecule has 32 heavy (non-hydrogen) atoms. The maximum absolute atomic E-state index is 15.5. The third kappa shape index (κ3) is 3.69. The van der Waals surface area contributed by atoms with E-state index in [-0.39, 0.29) is 16.8 Å². The Morgan fingerprint density at radius 3 is 2.38 bits per heavy atom. The summed E-state index contributed by atoms with van der Waals surface area (Å²) in [7, 11) is -4.62. The Balaban J connectivity index is 2.06. The molecule has 0 N–H and O–H groups in total. The minimum Gasteiger partial charge on any atom is -0.272 e. The summed E-state index contributed by atoms with van der Waals surface area (Å²) in [6.07, 6.45) is 4.77. The van der Waals surface area contributed by atoms with Gasteiger partial charge in [0.05, 0.1) is 10.5 Å². The Kier molecular flexibility index (Phi) is 5.60. The first-order valence-corrected chi connectivity index (χ1v) is 11.2. The van der Waals surface area contributed by atoms with E-state index in [1.165, 1.54) is 19.1 Å². The van der Waals surface area contributed by atoms with Crippen LogP contribution in [0.3, 0.4) is 0 Å². The van der Waals surface area contributed by atoms with Gasteiger partial charge in [0, 0.05) is 30.7 Å². The van der Waals surface area contributed by atoms with Gasteiger partial charge in [0.2, 0.25) is 9.84 Å². The molecule has 4 aromatic rings. The normalized spacial score (nSPS) is 11.7. The number of sulfone groups is 1. The van der Waals surface area contributed by atoms with Crippen LogP contribution in [-0.4, -0.2) is 23.2 Å². The molecule has 2 aromatic heterocycles. The third-order valence-electron chi connectivity index (χ3n) is 5.08. The summed E-state index contributed by atoms with van der Waals surface area (Å²) in [6.45, 7) is 3.77. The molecule has 0 bridgehead atoms. The number of nitrogens with zero attached hydrogens (tertiary/aromatic N) is 3. The van der Waals surface area contributed by atoms with Crippen molar-refractivity contribution in [3.8, 4) is 22.4 Å². The van der Waals surface area contributed by atoms with E-state index in [0.29, 0.717) is 23.7 Å². The van der Waals surface area contributed by atoms with E-state index in [2.05, 4.69) is 10.1 Å². The molecule has 0 saturated carbocycles. The van der Waals surface area contributed by atoms with Gasteiger partial charge in [-0.25, -0.2) is 21.6 Å². The molecule has 2 aromatic carbocycles. The number of aryl methyl sites for hydroxylation is 2. The predicted octanol–water partition coefficient (Wildman–Crippen LogP) is 5.19. The second kappa shape index (κ2) is 8.23. The van der Waals surface area contributed by atoms with Crippen LogP contribution in [0.4, 0.5) is 13.2 Å².